The zero-order valence-corrected chi connectivity index (χ0v) is 9.63. The Bertz CT molecular complexity index is 648. The van der Waals surface area contributed by atoms with Gasteiger partial charge in [-0.05, 0) is 0 Å². The van der Waals surface area contributed by atoms with Crippen LogP contribution in [-0.4, -0.2) is 34.6 Å². The largest absolute Gasteiger partial charge is 0.368 e. The van der Waals surface area contributed by atoms with Crippen LogP contribution in [0, 0.1) is 0 Å². The highest BCUT2D eigenvalue weighted by Crippen LogP contribution is 2.07. The molecule has 0 amide bonds. The second-order valence-corrected chi connectivity index (χ2v) is 3.49. The molecule has 0 aliphatic carbocycles. The summed E-state index contributed by atoms with van der Waals surface area (Å²) in [5.74, 6) is 1.29. The van der Waals surface area contributed by atoms with Gasteiger partial charge in [-0.3, -0.25) is 4.57 Å². The van der Waals surface area contributed by atoms with Gasteiger partial charge >= 0.3 is 0 Å². The predicted molar refractivity (Wildman–Crippen MR) is 63.0 cm³/mol. The van der Waals surface area contributed by atoms with Crippen molar-refractivity contribution in [2.75, 3.05) is 11.1 Å². The summed E-state index contributed by atoms with van der Waals surface area (Å²) in [5.41, 5.74) is 5.63. The monoisotopic (exact) mass is 259 g/mol. The number of hydrogen-bond donors (Lipinski definition) is 2. The molecular weight excluding hydrogens is 250 g/mol. The number of nitrogens with one attached hydrogen (secondary N) is 1. The lowest BCUT2D eigenvalue weighted by atomic mass is 10.6. The van der Waals surface area contributed by atoms with Gasteiger partial charge in [0.2, 0.25) is 24.2 Å². The van der Waals surface area contributed by atoms with E-state index in [1.54, 1.807) is 23.3 Å². The van der Waals surface area contributed by atoms with E-state index >= 15 is 0 Å². The van der Waals surface area contributed by atoms with Gasteiger partial charge < -0.3 is 15.6 Å². The Balaban J connectivity index is 1.82. The van der Waals surface area contributed by atoms with Crippen molar-refractivity contribution in [3.63, 3.8) is 0 Å². The molecule has 10 nitrogen and oxygen atoms in total. The van der Waals surface area contributed by atoms with Crippen LogP contribution in [-0.2, 0) is 6.54 Å². The highest BCUT2D eigenvalue weighted by atomic mass is 16.5. The molecule has 10 heteroatoms. The van der Waals surface area contributed by atoms with Crippen LogP contribution in [0.3, 0.4) is 0 Å². The fourth-order valence-electron chi connectivity index (χ4n) is 1.38. The molecule has 19 heavy (non-hydrogen) atoms. The maximum atomic E-state index is 5.63. The number of anilines is 2. The van der Waals surface area contributed by atoms with Crippen LogP contribution in [0.5, 0.6) is 0 Å². The summed E-state index contributed by atoms with van der Waals surface area (Å²) in [5, 5.41) is 6.59. The van der Waals surface area contributed by atoms with Crippen LogP contribution in [0.4, 0.5) is 11.9 Å². The van der Waals surface area contributed by atoms with Gasteiger partial charge in [-0.1, -0.05) is 5.16 Å². The van der Waals surface area contributed by atoms with Gasteiger partial charge in [-0.15, -0.1) is 0 Å². The van der Waals surface area contributed by atoms with Crippen LogP contribution < -0.4 is 11.1 Å². The first-order valence-electron chi connectivity index (χ1n) is 5.30. The van der Waals surface area contributed by atoms with Crippen molar-refractivity contribution in [3.05, 3.63) is 30.9 Å². The Labute approximate surface area is 106 Å². The summed E-state index contributed by atoms with van der Waals surface area (Å²) in [4.78, 5) is 20.0. The molecule has 0 unspecified atom stereocenters. The summed E-state index contributed by atoms with van der Waals surface area (Å²) in [6, 6.07) is 0. The number of aromatic nitrogens is 7. The molecule has 3 rings (SSSR count). The van der Waals surface area contributed by atoms with E-state index in [2.05, 4.69) is 39.9 Å². The molecule has 0 atom stereocenters. The molecule has 0 bridgehead atoms. The molecule has 0 saturated carbocycles. The summed E-state index contributed by atoms with van der Waals surface area (Å²) < 4.78 is 6.24. The zero-order chi connectivity index (χ0) is 13.1. The van der Waals surface area contributed by atoms with Crippen molar-refractivity contribution in [1.82, 2.24) is 34.6 Å². The maximum absolute atomic E-state index is 5.63. The van der Waals surface area contributed by atoms with Gasteiger partial charge in [-0.2, -0.15) is 19.9 Å². The van der Waals surface area contributed by atoms with Crippen molar-refractivity contribution in [1.29, 1.82) is 0 Å². The van der Waals surface area contributed by atoms with Gasteiger partial charge in [0.15, 0.2) is 5.82 Å². The van der Waals surface area contributed by atoms with Crippen LogP contribution in [0.25, 0.3) is 5.95 Å². The molecule has 3 N–H and O–H groups in total. The standard InChI is InChI=1S/C9H9N9O/c10-7-14-8(12-3-6-13-5-19-17-6)16-9(15-7)18-2-1-11-4-18/h1-2,4-5H,3H2,(H3,10,12,14,15,16). The Morgan fingerprint density at radius 1 is 1.32 bits per heavy atom. The Morgan fingerprint density at radius 2 is 2.26 bits per heavy atom. The molecule has 0 aliphatic rings. The van der Waals surface area contributed by atoms with E-state index < -0.39 is 0 Å². The first kappa shape index (κ1) is 11.1. The Kier molecular flexibility index (Phi) is 2.73. The van der Waals surface area contributed by atoms with Crippen LogP contribution in [0.2, 0.25) is 0 Å². The minimum absolute atomic E-state index is 0.106. The molecule has 0 radical (unpaired) electrons. The summed E-state index contributed by atoms with van der Waals surface area (Å²) in [6.45, 7) is 0.323. The Morgan fingerprint density at radius 3 is 3.00 bits per heavy atom. The maximum Gasteiger partial charge on any atom is 0.241 e. The fourth-order valence-corrected chi connectivity index (χ4v) is 1.38. The van der Waals surface area contributed by atoms with Crippen molar-refractivity contribution in [3.8, 4) is 5.95 Å². The molecule has 3 heterocycles. The number of imidazole rings is 1. The summed E-state index contributed by atoms with van der Waals surface area (Å²) in [6.07, 6.45) is 6.14. The van der Waals surface area contributed by atoms with Crippen LogP contribution in [0.15, 0.2) is 29.6 Å². The topological polar surface area (TPSA) is 133 Å². The van der Waals surface area contributed by atoms with E-state index in [9.17, 15) is 0 Å². The number of nitrogens with zero attached hydrogens (tertiary/aromatic N) is 7. The lowest BCUT2D eigenvalue weighted by molar-refractivity contribution is 0.411. The van der Waals surface area contributed by atoms with Gasteiger partial charge in [0, 0.05) is 12.4 Å². The molecule has 3 aromatic rings. The predicted octanol–water partition coefficient (Wildman–Crippen LogP) is -0.365. The number of nitrogens with two attached hydrogens (primary N) is 1. The van der Waals surface area contributed by atoms with Crippen LogP contribution >= 0.6 is 0 Å². The lowest BCUT2D eigenvalue weighted by Crippen LogP contribution is -2.11. The van der Waals surface area contributed by atoms with E-state index in [1.807, 2.05) is 0 Å². The SMILES string of the molecule is Nc1nc(NCc2ncon2)nc(-n2ccnc2)n1. The average Bonchev–Trinajstić information content (AvgIpc) is 3.09. The number of rotatable bonds is 4. The zero-order valence-electron chi connectivity index (χ0n) is 9.63. The van der Waals surface area contributed by atoms with E-state index in [4.69, 9.17) is 5.73 Å². The van der Waals surface area contributed by atoms with E-state index in [0.717, 1.165) is 0 Å². The third-order valence-corrected chi connectivity index (χ3v) is 2.19. The Hall–Kier alpha value is -3.04. The second kappa shape index (κ2) is 4.68. The molecule has 0 aromatic carbocycles. The van der Waals surface area contributed by atoms with E-state index in [0.29, 0.717) is 24.3 Å². The third kappa shape index (κ3) is 2.46. The van der Waals surface area contributed by atoms with Gasteiger partial charge in [0.05, 0.1) is 6.54 Å². The summed E-state index contributed by atoms with van der Waals surface area (Å²) in [7, 11) is 0. The smallest absolute Gasteiger partial charge is 0.241 e. The van der Waals surface area contributed by atoms with Crippen LogP contribution in [0.1, 0.15) is 5.82 Å². The highest BCUT2D eigenvalue weighted by Gasteiger charge is 2.06. The van der Waals surface area contributed by atoms with Crippen molar-refractivity contribution in [2.45, 2.75) is 6.54 Å². The van der Waals surface area contributed by atoms with Gasteiger partial charge in [0.25, 0.3) is 0 Å². The second-order valence-electron chi connectivity index (χ2n) is 3.49. The number of hydrogen-bond acceptors (Lipinski definition) is 9. The van der Waals surface area contributed by atoms with Crippen molar-refractivity contribution in [2.24, 2.45) is 0 Å². The van der Waals surface area contributed by atoms with Gasteiger partial charge in [-0.25, -0.2) is 4.98 Å². The van der Waals surface area contributed by atoms with E-state index in [-0.39, 0.29) is 5.95 Å². The molecule has 3 aromatic heterocycles. The minimum Gasteiger partial charge on any atom is -0.368 e. The first-order chi connectivity index (χ1) is 9.31. The molecule has 0 fully saturated rings. The molecule has 96 valence electrons. The first-order valence-corrected chi connectivity index (χ1v) is 5.30. The third-order valence-electron chi connectivity index (χ3n) is 2.19. The molecule has 0 spiro atoms. The van der Waals surface area contributed by atoms with Crippen molar-refractivity contribution < 1.29 is 4.52 Å². The normalized spacial score (nSPS) is 10.5. The lowest BCUT2D eigenvalue weighted by Gasteiger charge is -2.05. The fraction of sp³-hybridized carbons (Fsp3) is 0.111. The van der Waals surface area contributed by atoms with Gasteiger partial charge in [0.1, 0.15) is 6.33 Å². The molecule has 0 saturated heterocycles. The van der Waals surface area contributed by atoms with E-state index in [1.165, 1.54) is 6.39 Å². The minimum atomic E-state index is 0.106. The summed E-state index contributed by atoms with van der Waals surface area (Å²) >= 11 is 0. The average molecular weight is 259 g/mol. The molecule has 0 aliphatic heterocycles. The highest BCUT2D eigenvalue weighted by molar-refractivity contribution is 5.35. The number of nitrogen functional groups attached to an aromatic ring is 1. The molecular formula is C9H9N9O. The van der Waals surface area contributed by atoms with Crippen molar-refractivity contribution >= 4 is 11.9 Å². The quantitative estimate of drug-likeness (QED) is 0.643.